The van der Waals surface area contributed by atoms with Gasteiger partial charge in [0, 0.05) is 11.9 Å². The van der Waals surface area contributed by atoms with Crippen molar-refractivity contribution in [3.05, 3.63) is 49.6 Å². The van der Waals surface area contributed by atoms with Crippen molar-refractivity contribution >= 4 is 28.2 Å². The highest BCUT2D eigenvalue weighted by Crippen LogP contribution is 2.41. The van der Waals surface area contributed by atoms with Crippen molar-refractivity contribution < 1.29 is 19.4 Å². The minimum atomic E-state index is -0.888. The van der Waals surface area contributed by atoms with E-state index in [2.05, 4.69) is 29.5 Å². The van der Waals surface area contributed by atoms with Gasteiger partial charge in [-0.2, -0.15) is 5.26 Å². The summed E-state index contributed by atoms with van der Waals surface area (Å²) in [5.41, 5.74) is 6.62. The molecule has 1 N–H and O–H groups in total. The van der Waals surface area contributed by atoms with Crippen LogP contribution in [-0.2, 0) is 40.4 Å². The fourth-order valence-electron chi connectivity index (χ4n) is 4.85. The molecule has 7 nitrogen and oxygen atoms in total. The normalized spacial score (nSPS) is 15.5. The van der Waals surface area contributed by atoms with Crippen molar-refractivity contribution in [2.45, 2.75) is 72.8 Å². The average Bonchev–Trinajstić information content (AvgIpc) is 3.27. The van der Waals surface area contributed by atoms with E-state index in [4.69, 9.17) is 9.47 Å². The number of carbonyl (C=O) groups is 1. The zero-order valence-corrected chi connectivity index (χ0v) is 20.3. The van der Waals surface area contributed by atoms with Crippen molar-refractivity contribution in [2.75, 3.05) is 6.61 Å². The molecule has 8 heteroatoms. The van der Waals surface area contributed by atoms with Crippen molar-refractivity contribution in [2.24, 2.45) is 0 Å². The second-order valence-electron chi connectivity index (χ2n) is 8.50. The number of fused-ring (bicyclic) bond motifs is 3. The first-order chi connectivity index (χ1) is 15.8. The Morgan fingerprint density at radius 2 is 2.18 bits per heavy atom. The maximum Gasteiger partial charge on any atom is 0.306 e. The molecule has 1 unspecified atom stereocenters. The topological polar surface area (TPSA) is 97.4 Å². The molecule has 0 fully saturated rings. The molecule has 174 valence electrons. The molecule has 33 heavy (non-hydrogen) atoms. The van der Waals surface area contributed by atoms with Gasteiger partial charge in [0.1, 0.15) is 6.10 Å². The molecule has 0 aliphatic carbocycles. The van der Waals surface area contributed by atoms with Gasteiger partial charge in [0.2, 0.25) is 0 Å². The molecule has 0 spiro atoms. The largest absolute Gasteiger partial charge is 0.481 e. The number of aromatic nitrogens is 2. The first kappa shape index (κ1) is 23.4. The standard InChI is InChI=1S/C25H29N3O4S/c1-5-7-28-24-14(2)18(12-31-13-21-15(3)27-16(4)33-21)9-17(11-26)23(24)19-6-8-32-20(25(19)28)10-22(29)30/h9,20H,5-8,10,12-13H2,1-4H3,(H,29,30). The second-order valence-corrected chi connectivity index (χ2v) is 9.79. The summed E-state index contributed by atoms with van der Waals surface area (Å²) < 4.78 is 14.1. The summed E-state index contributed by atoms with van der Waals surface area (Å²) in [6.45, 7) is 10.2. The number of thiazole rings is 1. The molecule has 0 amide bonds. The van der Waals surface area contributed by atoms with Gasteiger partial charge in [-0.1, -0.05) is 6.92 Å². The van der Waals surface area contributed by atoms with E-state index in [0.29, 0.717) is 31.8 Å². The van der Waals surface area contributed by atoms with E-state index in [0.717, 1.165) is 61.8 Å². The van der Waals surface area contributed by atoms with Crippen LogP contribution in [0.15, 0.2) is 6.07 Å². The molecular weight excluding hydrogens is 438 g/mol. The number of carboxylic acids is 1. The lowest BCUT2D eigenvalue weighted by molar-refractivity contribution is -0.140. The zero-order chi connectivity index (χ0) is 23.7. The van der Waals surface area contributed by atoms with Gasteiger partial charge < -0.3 is 19.1 Å². The molecule has 0 saturated carbocycles. The first-order valence-corrected chi connectivity index (χ1v) is 12.1. The molecule has 4 rings (SSSR count). The van der Waals surface area contributed by atoms with E-state index in [1.165, 1.54) is 0 Å². The third-order valence-electron chi connectivity index (χ3n) is 6.23. The molecule has 3 heterocycles. The number of aliphatic carboxylic acids is 1. The molecule has 1 aromatic carbocycles. The highest BCUT2D eigenvalue weighted by atomic mass is 32.1. The van der Waals surface area contributed by atoms with Crippen LogP contribution in [0.3, 0.4) is 0 Å². The van der Waals surface area contributed by atoms with Gasteiger partial charge in [0.05, 0.1) is 64.7 Å². The lowest BCUT2D eigenvalue weighted by Gasteiger charge is -2.25. The summed E-state index contributed by atoms with van der Waals surface area (Å²) in [7, 11) is 0. The Labute approximate surface area is 197 Å². The number of rotatable bonds is 8. The van der Waals surface area contributed by atoms with Crippen molar-refractivity contribution in [3.63, 3.8) is 0 Å². The lowest BCUT2D eigenvalue weighted by atomic mass is 9.95. The van der Waals surface area contributed by atoms with Gasteiger partial charge in [-0.05, 0) is 56.4 Å². The molecule has 2 aromatic heterocycles. The lowest BCUT2D eigenvalue weighted by Crippen LogP contribution is -2.21. The first-order valence-electron chi connectivity index (χ1n) is 11.3. The van der Waals surface area contributed by atoms with E-state index in [1.54, 1.807) is 11.3 Å². The number of carboxylic acid groups (broad SMARTS) is 1. The maximum atomic E-state index is 11.5. The molecule has 0 bridgehead atoms. The predicted octanol–water partition coefficient (Wildman–Crippen LogP) is 5.11. The Morgan fingerprint density at radius 1 is 1.39 bits per heavy atom. The van der Waals surface area contributed by atoms with Crippen molar-refractivity contribution in [1.82, 2.24) is 9.55 Å². The molecule has 3 aromatic rings. The molecule has 0 radical (unpaired) electrons. The van der Waals surface area contributed by atoms with Gasteiger partial charge in [0.25, 0.3) is 0 Å². The highest BCUT2D eigenvalue weighted by molar-refractivity contribution is 7.11. The number of aryl methyl sites for hydroxylation is 4. The minimum Gasteiger partial charge on any atom is -0.481 e. The Balaban J connectivity index is 1.79. The van der Waals surface area contributed by atoms with Crippen LogP contribution in [0.5, 0.6) is 0 Å². The van der Waals surface area contributed by atoms with Gasteiger partial charge in [-0.15, -0.1) is 11.3 Å². The van der Waals surface area contributed by atoms with Crippen LogP contribution >= 0.6 is 11.3 Å². The average molecular weight is 468 g/mol. The van der Waals surface area contributed by atoms with Crippen LogP contribution < -0.4 is 0 Å². The van der Waals surface area contributed by atoms with E-state index in [1.807, 2.05) is 19.9 Å². The van der Waals surface area contributed by atoms with E-state index >= 15 is 0 Å². The molecule has 0 saturated heterocycles. The summed E-state index contributed by atoms with van der Waals surface area (Å²) in [5, 5.41) is 21.4. The van der Waals surface area contributed by atoms with Gasteiger partial charge in [0.15, 0.2) is 0 Å². The molecular formula is C25H29N3O4S. The van der Waals surface area contributed by atoms with E-state index in [-0.39, 0.29) is 6.42 Å². The van der Waals surface area contributed by atoms with Crippen LogP contribution in [0.2, 0.25) is 0 Å². The predicted molar refractivity (Wildman–Crippen MR) is 126 cm³/mol. The van der Waals surface area contributed by atoms with Crippen LogP contribution in [-0.4, -0.2) is 27.2 Å². The quantitative estimate of drug-likeness (QED) is 0.494. The number of hydrogen-bond acceptors (Lipinski definition) is 6. The van der Waals surface area contributed by atoms with Crippen molar-refractivity contribution in [3.8, 4) is 6.07 Å². The Bertz CT molecular complexity index is 1250. The smallest absolute Gasteiger partial charge is 0.306 e. The van der Waals surface area contributed by atoms with Gasteiger partial charge in [-0.25, -0.2) is 4.98 Å². The van der Waals surface area contributed by atoms with E-state index < -0.39 is 12.1 Å². The monoisotopic (exact) mass is 467 g/mol. The number of ether oxygens (including phenoxy) is 2. The fraction of sp³-hybridized carbons (Fsp3) is 0.480. The number of nitrogens with zero attached hydrogens (tertiary/aromatic N) is 3. The highest BCUT2D eigenvalue weighted by Gasteiger charge is 2.32. The summed E-state index contributed by atoms with van der Waals surface area (Å²) in [5.74, 6) is -0.888. The molecule has 1 aliphatic rings. The van der Waals surface area contributed by atoms with Gasteiger partial charge >= 0.3 is 5.97 Å². The SMILES string of the molecule is CCCn1c2c(c3c(C#N)cc(COCc4sc(C)nc4C)c(C)c31)CCOC2CC(=O)O. The number of hydrogen-bond donors (Lipinski definition) is 1. The number of benzene rings is 1. The third-order valence-corrected chi connectivity index (χ3v) is 7.27. The second kappa shape index (κ2) is 9.64. The van der Waals surface area contributed by atoms with Crippen LogP contribution in [0, 0.1) is 32.1 Å². The summed E-state index contributed by atoms with van der Waals surface area (Å²) in [6, 6.07) is 4.32. The number of nitriles is 1. The summed E-state index contributed by atoms with van der Waals surface area (Å²) in [6.07, 6.45) is 0.972. The Morgan fingerprint density at radius 3 is 2.82 bits per heavy atom. The maximum absolute atomic E-state index is 11.5. The van der Waals surface area contributed by atoms with Crippen LogP contribution in [0.25, 0.3) is 10.9 Å². The third kappa shape index (κ3) is 4.41. The Kier molecular flexibility index (Phi) is 6.84. The van der Waals surface area contributed by atoms with Crippen LogP contribution in [0.4, 0.5) is 0 Å². The summed E-state index contributed by atoms with van der Waals surface area (Å²) >= 11 is 1.64. The zero-order valence-electron chi connectivity index (χ0n) is 19.5. The van der Waals surface area contributed by atoms with E-state index in [9.17, 15) is 15.2 Å². The van der Waals surface area contributed by atoms with Crippen LogP contribution in [0.1, 0.15) is 69.4 Å². The Hall–Kier alpha value is -2.73. The summed E-state index contributed by atoms with van der Waals surface area (Å²) in [4.78, 5) is 17.1. The molecule has 1 atom stereocenters. The van der Waals surface area contributed by atoms with Gasteiger partial charge in [-0.3, -0.25) is 4.79 Å². The van der Waals surface area contributed by atoms with Crippen molar-refractivity contribution in [1.29, 1.82) is 5.26 Å². The minimum absolute atomic E-state index is 0.0858. The molecule has 1 aliphatic heterocycles. The fourth-order valence-corrected chi connectivity index (χ4v) is 5.72.